The van der Waals surface area contributed by atoms with Crippen LogP contribution in [0.25, 0.3) is 0 Å². The average molecular weight is 918 g/mol. The number of thiophene rings is 1. The Morgan fingerprint density at radius 1 is 0.692 bits per heavy atom. The predicted molar refractivity (Wildman–Crippen MR) is 254 cm³/mol. The number of hydrogen-bond acceptors (Lipinski definition) is 15. The molecule has 0 saturated heterocycles. The van der Waals surface area contributed by atoms with Gasteiger partial charge in [-0.25, -0.2) is 0 Å². The second kappa shape index (κ2) is 36.2. The number of hydrogen-bond donors (Lipinski definition) is 0. The molecule has 2 unspecified atom stereocenters. The van der Waals surface area contributed by atoms with E-state index in [0.29, 0.717) is 79.1 Å². The molecule has 2 rings (SSSR count). The Kier molecular flexibility index (Phi) is 31.2. The molecule has 15 heteroatoms. The highest BCUT2D eigenvalue weighted by Crippen LogP contribution is 2.36. The topological polar surface area (TPSA) is 190 Å². The number of nitriles is 2. The molecule has 1 heterocycles. The van der Waals surface area contributed by atoms with Gasteiger partial charge in [0.1, 0.15) is 42.8 Å². The molecular weight excluding hydrogens is 847 g/mol. The Labute approximate surface area is 391 Å². The Balaban J connectivity index is 1.84. The van der Waals surface area contributed by atoms with Crippen LogP contribution in [0, 0.1) is 48.3 Å². The molecule has 2 atom stereocenters. The van der Waals surface area contributed by atoms with E-state index in [-0.39, 0.29) is 39.3 Å². The standard InChI is InChI=1S/C50H71N5O9S/c1-5-7-9-11-13-14-16-18-20-43(39-57)35-49(59)64-32-30-62-28-27-60-25-23-55(24-26-61-29-31-63-48(58)34-42(38-56)19-17-15-12-10-8-6-2)44-21-22-46(40(3)33-44)53-54-50-45(36-51)41(4)47(37-52)65-50/h15-18,21-22,33,38-39,42-43H,5-14,19-20,23-32,34-35H2,1-4H3/b17-15+,18-16+,54-53+. The molecule has 0 amide bonds. The van der Waals surface area contributed by atoms with Crippen LogP contribution in [-0.4, -0.2) is 90.5 Å². The van der Waals surface area contributed by atoms with Crippen LogP contribution in [-0.2, 0) is 42.9 Å². The molecule has 0 spiro atoms. The van der Waals surface area contributed by atoms with Crippen molar-refractivity contribution >= 4 is 52.2 Å². The first-order valence-corrected chi connectivity index (χ1v) is 24.0. The lowest BCUT2D eigenvalue weighted by molar-refractivity contribution is -0.147. The number of aryl methyl sites for hydroxylation is 1. The van der Waals surface area contributed by atoms with Gasteiger partial charge in [0.15, 0.2) is 5.00 Å². The van der Waals surface area contributed by atoms with E-state index in [1.165, 1.54) is 32.1 Å². The largest absolute Gasteiger partial charge is 0.463 e. The van der Waals surface area contributed by atoms with Gasteiger partial charge >= 0.3 is 11.9 Å². The minimum atomic E-state index is -0.435. The van der Waals surface area contributed by atoms with Crippen LogP contribution in [0.4, 0.5) is 16.4 Å². The fraction of sp³-hybridized carbons (Fsp3) is 0.600. The quantitative estimate of drug-likeness (QED) is 0.0204. The van der Waals surface area contributed by atoms with Crippen LogP contribution in [0.3, 0.4) is 0 Å². The van der Waals surface area contributed by atoms with E-state index in [0.717, 1.165) is 67.3 Å². The minimum Gasteiger partial charge on any atom is -0.463 e. The van der Waals surface area contributed by atoms with Crippen molar-refractivity contribution in [3.8, 4) is 12.1 Å². The lowest BCUT2D eigenvalue weighted by Crippen LogP contribution is -2.31. The molecule has 14 nitrogen and oxygen atoms in total. The minimum absolute atomic E-state index is 0.0256. The van der Waals surface area contributed by atoms with Crippen LogP contribution < -0.4 is 4.90 Å². The SMILES string of the molecule is CCCCC/C=C/CC(C=O)CC(=O)OCCOCCN(CCOCCOCCOC(=O)CC(C=O)C/C=C/CCCCCCC)c1ccc(/N=N/c2sc(C#N)c(C)c2C#N)c(C)c1. The number of anilines is 1. The lowest BCUT2D eigenvalue weighted by Gasteiger charge is -2.25. The van der Waals surface area contributed by atoms with Crippen molar-refractivity contribution in [3.05, 3.63) is 64.1 Å². The summed E-state index contributed by atoms with van der Waals surface area (Å²) in [6.07, 6.45) is 22.3. The number of esters is 2. The smallest absolute Gasteiger partial charge is 0.306 e. The number of unbranched alkanes of at least 4 members (excludes halogenated alkanes) is 8. The number of nitrogens with zero attached hydrogens (tertiary/aromatic N) is 5. The summed E-state index contributed by atoms with van der Waals surface area (Å²) < 4.78 is 27.9. The molecule has 0 fully saturated rings. The van der Waals surface area contributed by atoms with Gasteiger partial charge in [-0.1, -0.05) is 76.7 Å². The van der Waals surface area contributed by atoms with E-state index in [9.17, 15) is 29.7 Å². The van der Waals surface area contributed by atoms with Crippen LogP contribution in [0.5, 0.6) is 0 Å². The molecule has 356 valence electrons. The fourth-order valence-electron chi connectivity index (χ4n) is 6.50. The van der Waals surface area contributed by atoms with Crippen molar-refractivity contribution in [1.29, 1.82) is 10.5 Å². The zero-order chi connectivity index (χ0) is 47.3. The molecule has 65 heavy (non-hydrogen) atoms. The second-order valence-electron chi connectivity index (χ2n) is 15.7. The molecule has 1 aromatic carbocycles. The molecule has 0 radical (unpaired) electrons. The van der Waals surface area contributed by atoms with Gasteiger partial charge < -0.3 is 38.2 Å². The molecule has 0 N–H and O–H groups in total. The predicted octanol–water partition coefficient (Wildman–Crippen LogP) is 10.7. The number of rotatable bonds is 38. The molecular formula is C50H71N5O9S. The number of allylic oxidation sites excluding steroid dienone is 4. The maximum absolute atomic E-state index is 12.4. The van der Waals surface area contributed by atoms with Crippen LogP contribution in [0.1, 0.15) is 125 Å². The van der Waals surface area contributed by atoms with E-state index in [2.05, 4.69) is 53.3 Å². The molecule has 0 saturated carbocycles. The van der Waals surface area contributed by atoms with Gasteiger partial charge in [0.2, 0.25) is 0 Å². The van der Waals surface area contributed by atoms with Crippen LogP contribution in [0.2, 0.25) is 0 Å². The van der Waals surface area contributed by atoms with E-state index in [4.69, 9.17) is 23.7 Å². The number of azo groups is 1. The number of carbonyl (C=O) groups excluding carboxylic acids is 4. The summed E-state index contributed by atoms with van der Waals surface area (Å²) >= 11 is 1.13. The van der Waals surface area contributed by atoms with E-state index in [1.807, 2.05) is 37.3 Å². The van der Waals surface area contributed by atoms with Gasteiger partial charge in [0.25, 0.3) is 0 Å². The van der Waals surface area contributed by atoms with Crippen LogP contribution in [0.15, 0.2) is 52.7 Å². The number of ether oxygens (including phenoxy) is 5. The summed E-state index contributed by atoms with van der Waals surface area (Å²) in [7, 11) is 0. The van der Waals surface area contributed by atoms with Crippen molar-refractivity contribution in [1.82, 2.24) is 0 Å². The summed E-state index contributed by atoms with van der Waals surface area (Å²) in [5.74, 6) is -1.68. The van der Waals surface area contributed by atoms with Gasteiger partial charge in [-0.3, -0.25) is 9.59 Å². The summed E-state index contributed by atoms with van der Waals surface area (Å²) in [5, 5.41) is 28.1. The maximum Gasteiger partial charge on any atom is 0.306 e. The first kappa shape index (κ1) is 56.1. The summed E-state index contributed by atoms with van der Waals surface area (Å²) in [6, 6.07) is 9.94. The monoisotopic (exact) mass is 917 g/mol. The number of aldehydes is 2. The summed E-state index contributed by atoms with van der Waals surface area (Å²) in [5.41, 5.74) is 3.27. The zero-order valence-corrected chi connectivity index (χ0v) is 40.0. The Morgan fingerprint density at radius 3 is 1.74 bits per heavy atom. The maximum atomic E-state index is 12.4. The zero-order valence-electron chi connectivity index (χ0n) is 39.1. The first-order chi connectivity index (χ1) is 31.7. The van der Waals surface area contributed by atoms with Crippen molar-refractivity contribution in [2.24, 2.45) is 22.1 Å². The van der Waals surface area contributed by atoms with Crippen molar-refractivity contribution in [2.45, 2.75) is 118 Å². The average Bonchev–Trinajstić information content (AvgIpc) is 3.62. The summed E-state index contributed by atoms with van der Waals surface area (Å²) in [4.78, 5) is 50.2. The van der Waals surface area contributed by atoms with Crippen molar-refractivity contribution in [2.75, 3.05) is 70.8 Å². The molecule has 1 aromatic heterocycles. The van der Waals surface area contributed by atoms with E-state index in [1.54, 1.807) is 6.92 Å². The van der Waals surface area contributed by atoms with Gasteiger partial charge in [-0.15, -0.1) is 21.6 Å². The lowest BCUT2D eigenvalue weighted by atomic mass is 10.0. The third-order valence-electron chi connectivity index (χ3n) is 10.4. The molecule has 0 aliphatic carbocycles. The van der Waals surface area contributed by atoms with Gasteiger partial charge in [-0.2, -0.15) is 10.5 Å². The number of benzene rings is 1. The van der Waals surface area contributed by atoms with Gasteiger partial charge in [-0.05, 0) is 81.7 Å². The highest BCUT2D eigenvalue weighted by molar-refractivity contribution is 7.16. The molecule has 2 aromatic rings. The first-order valence-electron chi connectivity index (χ1n) is 23.2. The van der Waals surface area contributed by atoms with Crippen molar-refractivity contribution in [3.63, 3.8) is 0 Å². The Morgan fingerprint density at radius 2 is 1.22 bits per heavy atom. The Bertz CT molecular complexity index is 1870. The molecule has 0 aliphatic rings. The van der Waals surface area contributed by atoms with E-state index < -0.39 is 23.8 Å². The molecule has 0 bridgehead atoms. The highest BCUT2D eigenvalue weighted by atomic mass is 32.1. The van der Waals surface area contributed by atoms with Crippen LogP contribution >= 0.6 is 11.3 Å². The van der Waals surface area contributed by atoms with Gasteiger partial charge in [0, 0.05) is 30.6 Å². The highest BCUT2D eigenvalue weighted by Gasteiger charge is 2.17. The van der Waals surface area contributed by atoms with Gasteiger partial charge in [0.05, 0.1) is 63.7 Å². The normalized spacial score (nSPS) is 12.3. The Hall–Kier alpha value is -5.06. The van der Waals surface area contributed by atoms with E-state index >= 15 is 0 Å². The second-order valence-corrected chi connectivity index (χ2v) is 16.7. The van der Waals surface area contributed by atoms with Crippen molar-refractivity contribution < 1.29 is 42.9 Å². The fourth-order valence-corrected chi connectivity index (χ4v) is 7.38. The summed E-state index contributed by atoms with van der Waals surface area (Å²) in [6.45, 7) is 10.9. The number of carbonyl (C=O) groups is 4. The molecule has 0 aliphatic heterocycles. The third kappa shape index (κ3) is 24.7. The third-order valence-corrected chi connectivity index (χ3v) is 11.5.